The minimum atomic E-state index is -2.59. The number of benzene rings is 1. The summed E-state index contributed by atoms with van der Waals surface area (Å²) in [6, 6.07) is 9.74. The Kier molecular flexibility index (Phi) is 5.22. The van der Waals surface area contributed by atoms with Gasteiger partial charge in [-0.15, -0.1) is 0 Å². The van der Waals surface area contributed by atoms with Gasteiger partial charge in [-0.2, -0.15) is 0 Å². The quantitative estimate of drug-likeness (QED) is 0.839. The number of hydrogen-bond acceptors (Lipinski definition) is 2. The molecule has 1 saturated carbocycles. The Bertz CT molecular complexity index is 413. The van der Waals surface area contributed by atoms with Crippen LogP contribution in [-0.4, -0.2) is 23.6 Å². The first-order chi connectivity index (χ1) is 9.16. The van der Waals surface area contributed by atoms with Gasteiger partial charge in [-0.25, -0.2) is 8.78 Å². The molecule has 0 heterocycles. The summed E-state index contributed by atoms with van der Waals surface area (Å²) in [5, 5.41) is 2.72. The summed E-state index contributed by atoms with van der Waals surface area (Å²) in [4.78, 5) is -0.375. The van der Waals surface area contributed by atoms with Crippen molar-refractivity contribution in [2.45, 2.75) is 44.4 Å². The largest absolute Gasteiger partial charge is 0.371 e. The lowest BCUT2D eigenvalue weighted by Crippen LogP contribution is -2.42. The Morgan fingerprint density at radius 1 is 1.32 bits per heavy atom. The lowest BCUT2D eigenvalue weighted by molar-refractivity contribution is 0.0312. The van der Waals surface area contributed by atoms with Gasteiger partial charge in [0.1, 0.15) is 4.99 Å². The van der Waals surface area contributed by atoms with E-state index in [0.29, 0.717) is 6.61 Å². The van der Waals surface area contributed by atoms with Crippen LogP contribution in [-0.2, 0) is 11.3 Å². The lowest BCUT2D eigenvalue weighted by Gasteiger charge is -2.22. The summed E-state index contributed by atoms with van der Waals surface area (Å²) in [6.07, 6.45) is 0.0494. The van der Waals surface area contributed by atoms with Crippen LogP contribution in [0.15, 0.2) is 30.3 Å². The van der Waals surface area contributed by atoms with E-state index in [1.165, 1.54) is 0 Å². The van der Waals surface area contributed by atoms with Crippen LogP contribution < -0.4 is 5.32 Å². The average Bonchev–Trinajstić information content (AvgIpc) is 2.85. The number of rotatable bonds is 5. The summed E-state index contributed by atoms with van der Waals surface area (Å²) >= 11 is 4.63. The molecule has 0 radical (unpaired) electrons. The van der Waals surface area contributed by atoms with Crippen LogP contribution in [0.3, 0.4) is 0 Å². The molecule has 1 fully saturated rings. The molecule has 2 unspecified atom stereocenters. The van der Waals surface area contributed by atoms with Crippen LogP contribution in [0.1, 0.15) is 24.8 Å². The maximum Gasteiger partial charge on any atom is 0.288 e. The van der Waals surface area contributed by atoms with Crippen molar-refractivity contribution < 1.29 is 13.5 Å². The average molecular weight is 285 g/mol. The zero-order valence-corrected chi connectivity index (χ0v) is 11.3. The van der Waals surface area contributed by atoms with E-state index in [9.17, 15) is 8.78 Å². The van der Waals surface area contributed by atoms with Gasteiger partial charge in [0, 0.05) is 0 Å². The van der Waals surface area contributed by atoms with E-state index >= 15 is 0 Å². The van der Waals surface area contributed by atoms with Gasteiger partial charge in [-0.1, -0.05) is 42.5 Å². The molecule has 0 bridgehead atoms. The molecule has 0 spiro atoms. The van der Waals surface area contributed by atoms with E-state index in [4.69, 9.17) is 4.74 Å². The van der Waals surface area contributed by atoms with E-state index in [1.54, 1.807) is 0 Å². The number of ether oxygens (including phenoxy) is 1. The van der Waals surface area contributed by atoms with Gasteiger partial charge in [-0.3, -0.25) is 0 Å². The molecule has 5 heteroatoms. The summed E-state index contributed by atoms with van der Waals surface area (Å²) < 4.78 is 30.6. The third kappa shape index (κ3) is 4.21. The molecule has 1 aromatic rings. The Hall–Kier alpha value is -1.07. The van der Waals surface area contributed by atoms with Crippen LogP contribution in [0.25, 0.3) is 0 Å². The molecule has 2 atom stereocenters. The summed E-state index contributed by atoms with van der Waals surface area (Å²) in [5.41, 5.74) is 1.09. The molecule has 19 heavy (non-hydrogen) atoms. The molecule has 0 aliphatic heterocycles. The normalized spacial score (nSPS) is 22.7. The molecule has 104 valence electrons. The van der Waals surface area contributed by atoms with Gasteiger partial charge in [0.05, 0.1) is 18.8 Å². The molecular weight excluding hydrogens is 268 g/mol. The molecule has 1 aliphatic carbocycles. The highest BCUT2D eigenvalue weighted by Crippen LogP contribution is 2.23. The van der Waals surface area contributed by atoms with Crippen molar-refractivity contribution in [2.75, 3.05) is 0 Å². The van der Waals surface area contributed by atoms with E-state index in [-0.39, 0.29) is 17.1 Å². The first kappa shape index (κ1) is 14.3. The van der Waals surface area contributed by atoms with Gasteiger partial charge >= 0.3 is 0 Å². The van der Waals surface area contributed by atoms with Crippen LogP contribution >= 0.6 is 12.2 Å². The second-order valence-corrected chi connectivity index (χ2v) is 5.12. The predicted molar refractivity (Wildman–Crippen MR) is 74.4 cm³/mol. The molecule has 0 aromatic heterocycles. The maximum absolute atomic E-state index is 12.4. The first-order valence-corrected chi connectivity index (χ1v) is 6.81. The monoisotopic (exact) mass is 285 g/mol. The fraction of sp³-hybridized carbons (Fsp3) is 0.500. The van der Waals surface area contributed by atoms with Gasteiger partial charge < -0.3 is 10.1 Å². The van der Waals surface area contributed by atoms with Crippen molar-refractivity contribution in [3.05, 3.63) is 35.9 Å². The van der Waals surface area contributed by atoms with Crippen molar-refractivity contribution in [2.24, 2.45) is 0 Å². The molecule has 0 amide bonds. The Morgan fingerprint density at radius 3 is 2.74 bits per heavy atom. The highest BCUT2D eigenvalue weighted by atomic mass is 32.1. The Balaban J connectivity index is 1.84. The second kappa shape index (κ2) is 6.91. The Morgan fingerprint density at radius 2 is 2.05 bits per heavy atom. The number of halogens is 2. The smallest absolute Gasteiger partial charge is 0.288 e. The molecule has 1 N–H and O–H groups in total. The topological polar surface area (TPSA) is 21.3 Å². The summed E-state index contributed by atoms with van der Waals surface area (Å²) in [7, 11) is 0. The van der Waals surface area contributed by atoms with Crippen molar-refractivity contribution in [3.8, 4) is 0 Å². The molecule has 2 nitrogen and oxygen atoms in total. The van der Waals surface area contributed by atoms with Gasteiger partial charge in [0.2, 0.25) is 0 Å². The first-order valence-electron chi connectivity index (χ1n) is 6.41. The zero-order chi connectivity index (χ0) is 13.7. The number of hydrogen-bond donors (Lipinski definition) is 1. The van der Waals surface area contributed by atoms with Gasteiger partial charge in [-0.05, 0) is 24.8 Å². The fourth-order valence-corrected chi connectivity index (χ4v) is 2.47. The van der Waals surface area contributed by atoms with Crippen LogP contribution in [0, 0.1) is 0 Å². The van der Waals surface area contributed by atoms with Gasteiger partial charge in [0.15, 0.2) is 0 Å². The molecular formula is C14H17F2NOS. The number of nitrogens with one attached hydrogen (secondary N) is 1. The third-order valence-corrected chi connectivity index (χ3v) is 3.58. The summed E-state index contributed by atoms with van der Waals surface area (Å²) in [6.45, 7) is 0.505. The molecule has 0 saturated heterocycles. The molecule has 1 aliphatic rings. The van der Waals surface area contributed by atoms with Crippen LogP contribution in [0.4, 0.5) is 8.78 Å². The number of alkyl halides is 2. The maximum atomic E-state index is 12.4. The zero-order valence-electron chi connectivity index (χ0n) is 10.5. The number of thiocarbonyl (C=S) groups is 1. The van der Waals surface area contributed by atoms with E-state index < -0.39 is 6.43 Å². The van der Waals surface area contributed by atoms with Crippen LogP contribution in [0.2, 0.25) is 0 Å². The van der Waals surface area contributed by atoms with Crippen molar-refractivity contribution in [3.63, 3.8) is 0 Å². The minimum absolute atomic E-state index is 0.0445. The predicted octanol–water partition coefficient (Wildman–Crippen LogP) is 3.31. The van der Waals surface area contributed by atoms with E-state index in [1.807, 2.05) is 30.3 Å². The SMILES string of the molecule is FC(F)C(=S)NC1CCCC1OCc1ccccc1. The third-order valence-electron chi connectivity index (χ3n) is 3.29. The fourth-order valence-electron chi connectivity index (χ4n) is 2.31. The van der Waals surface area contributed by atoms with Crippen molar-refractivity contribution >= 4 is 17.2 Å². The van der Waals surface area contributed by atoms with Gasteiger partial charge in [0.25, 0.3) is 6.43 Å². The van der Waals surface area contributed by atoms with Crippen molar-refractivity contribution in [1.29, 1.82) is 0 Å². The standard InChI is InChI=1S/C14H17F2NOS/c15-13(16)14(19)17-11-7-4-8-12(11)18-9-10-5-2-1-3-6-10/h1-3,5-6,11-13H,4,7-9H2,(H,17,19). The minimum Gasteiger partial charge on any atom is -0.371 e. The Labute approximate surface area is 117 Å². The van der Waals surface area contributed by atoms with E-state index in [0.717, 1.165) is 24.8 Å². The van der Waals surface area contributed by atoms with E-state index in [2.05, 4.69) is 17.5 Å². The molecule has 1 aromatic carbocycles. The van der Waals surface area contributed by atoms with Crippen LogP contribution in [0.5, 0.6) is 0 Å². The highest BCUT2D eigenvalue weighted by Gasteiger charge is 2.29. The lowest BCUT2D eigenvalue weighted by atomic mass is 10.2. The summed E-state index contributed by atoms with van der Waals surface area (Å²) in [5.74, 6) is 0. The molecule has 2 rings (SSSR count). The highest BCUT2D eigenvalue weighted by molar-refractivity contribution is 7.80. The van der Waals surface area contributed by atoms with Crippen molar-refractivity contribution in [1.82, 2.24) is 5.32 Å². The second-order valence-electron chi connectivity index (χ2n) is 4.68.